The van der Waals surface area contributed by atoms with Gasteiger partial charge in [-0.25, -0.2) is 0 Å². The highest BCUT2D eigenvalue weighted by atomic mass is 16.5. The molecule has 5 heteroatoms. The van der Waals surface area contributed by atoms with Crippen molar-refractivity contribution in [2.75, 3.05) is 0 Å². The van der Waals surface area contributed by atoms with Crippen LogP contribution in [0, 0.1) is 0 Å². The third kappa shape index (κ3) is 6.68. The van der Waals surface area contributed by atoms with Crippen LogP contribution < -0.4 is 20.9 Å². The Morgan fingerprint density at radius 2 is 1.03 bits per heavy atom. The zero-order chi connectivity index (χ0) is 26.9. The Morgan fingerprint density at radius 3 is 1.39 bits per heavy atom. The lowest BCUT2D eigenvalue weighted by Crippen LogP contribution is -2.17. The SMILES string of the molecule is CC(C(=O)C(C)c1ccc(OCc2ccccc2)c(CN)c1)c1ccc(OCc2ccccc2)c(CN)c1. The van der Waals surface area contributed by atoms with Crippen LogP contribution in [-0.4, -0.2) is 5.78 Å². The van der Waals surface area contributed by atoms with Gasteiger partial charge in [0.1, 0.15) is 30.5 Å². The number of ketones is 1. The molecule has 38 heavy (non-hydrogen) atoms. The first-order valence-electron chi connectivity index (χ1n) is 13.0. The fourth-order valence-electron chi connectivity index (χ4n) is 4.51. The molecular formula is C33H36N2O3. The quantitative estimate of drug-likeness (QED) is 0.237. The van der Waals surface area contributed by atoms with Crippen molar-refractivity contribution in [2.45, 2.75) is 52.0 Å². The van der Waals surface area contributed by atoms with Crippen molar-refractivity contribution < 1.29 is 14.3 Å². The molecule has 4 rings (SSSR count). The normalized spacial score (nSPS) is 12.5. The van der Waals surface area contributed by atoms with Crippen LogP contribution >= 0.6 is 0 Å². The Balaban J connectivity index is 1.44. The molecule has 196 valence electrons. The molecule has 0 aliphatic rings. The van der Waals surface area contributed by atoms with Crippen LogP contribution in [0.4, 0.5) is 0 Å². The van der Waals surface area contributed by atoms with Gasteiger partial charge < -0.3 is 20.9 Å². The van der Waals surface area contributed by atoms with Gasteiger partial charge in [-0.15, -0.1) is 0 Å². The van der Waals surface area contributed by atoms with Gasteiger partial charge in [-0.3, -0.25) is 4.79 Å². The van der Waals surface area contributed by atoms with Crippen molar-refractivity contribution >= 4 is 5.78 Å². The first kappa shape index (κ1) is 27.1. The third-order valence-electron chi connectivity index (χ3n) is 6.94. The molecule has 0 fully saturated rings. The van der Waals surface area contributed by atoms with Crippen LogP contribution in [0.25, 0.3) is 0 Å². The minimum atomic E-state index is -0.297. The van der Waals surface area contributed by atoms with Gasteiger partial charge >= 0.3 is 0 Å². The molecule has 0 amide bonds. The maximum atomic E-state index is 13.5. The molecule has 0 spiro atoms. The minimum Gasteiger partial charge on any atom is -0.489 e. The molecule has 4 N–H and O–H groups in total. The summed E-state index contributed by atoms with van der Waals surface area (Å²) >= 11 is 0. The number of Topliss-reactive ketones (excluding diaryl/α,β-unsaturated/α-hetero) is 1. The predicted octanol–water partition coefficient (Wildman–Crippen LogP) is 6.24. The second-order valence-electron chi connectivity index (χ2n) is 9.54. The van der Waals surface area contributed by atoms with Crippen LogP contribution in [0.5, 0.6) is 11.5 Å². The third-order valence-corrected chi connectivity index (χ3v) is 6.94. The Bertz CT molecular complexity index is 1240. The van der Waals surface area contributed by atoms with E-state index in [2.05, 4.69) is 0 Å². The molecule has 2 unspecified atom stereocenters. The molecule has 0 radical (unpaired) electrons. The second kappa shape index (κ2) is 13.0. The fraction of sp³-hybridized carbons (Fsp3) is 0.242. The van der Waals surface area contributed by atoms with Crippen molar-refractivity contribution in [3.05, 3.63) is 130 Å². The van der Waals surface area contributed by atoms with E-state index in [9.17, 15) is 4.79 Å². The molecule has 4 aromatic rings. The first-order chi connectivity index (χ1) is 18.5. The molecular weight excluding hydrogens is 472 g/mol. The monoisotopic (exact) mass is 508 g/mol. The van der Waals surface area contributed by atoms with Gasteiger partial charge in [0.15, 0.2) is 0 Å². The Labute approximate surface area is 225 Å². The number of benzene rings is 4. The summed E-state index contributed by atoms with van der Waals surface area (Å²) in [5, 5.41) is 0. The lowest BCUT2D eigenvalue weighted by Gasteiger charge is -2.20. The second-order valence-corrected chi connectivity index (χ2v) is 9.54. The van der Waals surface area contributed by atoms with Crippen LogP contribution in [0.2, 0.25) is 0 Å². The number of rotatable bonds is 12. The number of nitrogens with two attached hydrogens (primary N) is 2. The van der Waals surface area contributed by atoms with Crippen LogP contribution in [0.3, 0.4) is 0 Å². The number of ether oxygens (including phenoxy) is 2. The highest BCUT2D eigenvalue weighted by Crippen LogP contribution is 2.32. The van der Waals surface area contributed by atoms with E-state index in [0.29, 0.717) is 26.3 Å². The standard InChI is InChI=1S/C33H36N2O3/c1-23(27-13-15-31(29(17-27)19-34)37-21-25-9-5-3-6-10-25)33(36)24(2)28-14-16-32(30(18-28)20-35)38-22-26-11-7-4-8-12-26/h3-18,23-24H,19-22,34-35H2,1-2H3. The molecule has 4 aromatic carbocycles. The van der Waals surface area contributed by atoms with E-state index in [-0.39, 0.29) is 17.6 Å². The van der Waals surface area contributed by atoms with Gasteiger partial charge in [0.2, 0.25) is 0 Å². The fourth-order valence-corrected chi connectivity index (χ4v) is 4.51. The van der Waals surface area contributed by atoms with E-state index >= 15 is 0 Å². The lowest BCUT2D eigenvalue weighted by molar-refractivity contribution is -0.121. The molecule has 0 aliphatic carbocycles. The van der Waals surface area contributed by atoms with Crippen LogP contribution in [0.1, 0.15) is 59.1 Å². The van der Waals surface area contributed by atoms with Crippen molar-refractivity contribution in [2.24, 2.45) is 11.5 Å². The summed E-state index contributed by atoms with van der Waals surface area (Å²) in [5.74, 6) is 1.02. The van der Waals surface area contributed by atoms with E-state index in [1.165, 1.54) is 0 Å². The topological polar surface area (TPSA) is 87.6 Å². The van der Waals surface area contributed by atoms with Crippen molar-refractivity contribution in [3.8, 4) is 11.5 Å². The summed E-state index contributed by atoms with van der Waals surface area (Å²) in [6.07, 6.45) is 0. The zero-order valence-electron chi connectivity index (χ0n) is 22.1. The highest BCUT2D eigenvalue weighted by Gasteiger charge is 2.24. The van der Waals surface area contributed by atoms with Crippen LogP contribution in [0.15, 0.2) is 97.1 Å². The van der Waals surface area contributed by atoms with E-state index in [0.717, 1.165) is 44.9 Å². The van der Waals surface area contributed by atoms with Crippen molar-refractivity contribution in [1.82, 2.24) is 0 Å². The summed E-state index contributed by atoms with van der Waals surface area (Å²) in [7, 11) is 0. The highest BCUT2D eigenvalue weighted by molar-refractivity contribution is 5.91. The van der Waals surface area contributed by atoms with Gasteiger partial charge in [0.25, 0.3) is 0 Å². The Hall–Kier alpha value is -3.93. The zero-order valence-corrected chi connectivity index (χ0v) is 22.1. The van der Waals surface area contributed by atoms with Gasteiger partial charge in [0, 0.05) is 36.1 Å². The van der Waals surface area contributed by atoms with Crippen LogP contribution in [-0.2, 0) is 31.1 Å². The summed E-state index contributed by atoms with van der Waals surface area (Å²) in [5.41, 5.74) is 17.9. The minimum absolute atomic E-state index is 0.131. The first-order valence-corrected chi connectivity index (χ1v) is 13.0. The summed E-state index contributed by atoms with van der Waals surface area (Å²) in [4.78, 5) is 13.5. The number of carbonyl (C=O) groups excluding carboxylic acids is 1. The number of carbonyl (C=O) groups is 1. The maximum absolute atomic E-state index is 13.5. The largest absolute Gasteiger partial charge is 0.489 e. The van der Waals surface area contributed by atoms with Crippen molar-refractivity contribution in [1.29, 1.82) is 0 Å². The van der Waals surface area contributed by atoms with Gasteiger partial charge in [0.05, 0.1) is 0 Å². The molecule has 0 saturated heterocycles. The molecule has 2 atom stereocenters. The van der Waals surface area contributed by atoms with E-state index < -0.39 is 0 Å². The Morgan fingerprint density at radius 1 is 0.632 bits per heavy atom. The maximum Gasteiger partial charge on any atom is 0.147 e. The van der Waals surface area contributed by atoms with Gasteiger partial charge in [-0.05, 0) is 34.4 Å². The number of hydrogen-bond donors (Lipinski definition) is 2. The molecule has 0 saturated carbocycles. The lowest BCUT2D eigenvalue weighted by atomic mass is 9.85. The predicted molar refractivity (Wildman–Crippen MR) is 152 cm³/mol. The molecule has 0 bridgehead atoms. The summed E-state index contributed by atoms with van der Waals surface area (Å²) in [6, 6.07) is 31.7. The molecule has 5 nitrogen and oxygen atoms in total. The summed E-state index contributed by atoms with van der Waals surface area (Å²) < 4.78 is 12.0. The van der Waals surface area contributed by atoms with Crippen molar-refractivity contribution in [3.63, 3.8) is 0 Å². The molecule has 0 aliphatic heterocycles. The average Bonchev–Trinajstić information content (AvgIpc) is 2.98. The van der Waals surface area contributed by atoms with Gasteiger partial charge in [-0.1, -0.05) is 98.8 Å². The Kier molecular flexibility index (Phi) is 9.30. The molecule has 0 heterocycles. The summed E-state index contributed by atoms with van der Waals surface area (Å²) in [6.45, 7) is 5.48. The van der Waals surface area contributed by atoms with E-state index in [4.69, 9.17) is 20.9 Å². The van der Waals surface area contributed by atoms with E-state index in [1.54, 1.807) is 0 Å². The van der Waals surface area contributed by atoms with E-state index in [1.807, 2.05) is 111 Å². The van der Waals surface area contributed by atoms with Gasteiger partial charge in [-0.2, -0.15) is 0 Å². The number of hydrogen-bond acceptors (Lipinski definition) is 5. The smallest absolute Gasteiger partial charge is 0.147 e. The molecule has 0 aromatic heterocycles. The average molecular weight is 509 g/mol.